The Labute approximate surface area is 221 Å². The van der Waals surface area contributed by atoms with E-state index in [9.17, 15) is 0 Å². The zero-order valence-corrected chi connectivity index (χ0v) is 22.7. The van der Waals surface area contributed by atoms with Gasteiger partial charge in [-0.1, -0.05) is 55.8 Å². The molecule has 0 amide bonds. The van der Waals surface area contributed by atoms with Gasteiger partial charge in [0.05, 0.1) is 5.82 Å². The van der Waals surface area contributed by atoms with Gasteiger partial charge >= 0.3 is 0 Å². The molecule has 5 rings (SSSR count). The number of pyridine rings is 1. The van der Waals surface area contributed by atoms with Crippen molar-refractivity contribution in [3.8, 4) is 33.8 Å². The van der Waals surface area contributed by atoms with E-state index in [0.717, 1.165) is 22.4 Å². The van der Waals surface area contributed by atoms with E-state index in [2.05, 4.69) is 85.1 Å². The largest absolute Gasteiger partial charge is 0.304 e. The van der Waals surface area contributed by atoms with Crippen LogP contribution in [0.4, 0.5) is 0 Å². The van der Waals surface area contributed by atoms with Crippen LogP contribution in [0.25, 0.3) is 33.8 Å². The van der Waals surface area contributed by atoms with E-state index in [1.165, 1.54) is 27.8 Å². The zero-order chi connectivity index (χ0) is 23.9. The van der Waals surface area contributed by atoms with Gasteiger partial charge in [-0.3, -0.25) is 9.97 Å². The van der Waals surface area contributed by atoms with Gasteiger partial charge in [-0.05, 0) is 36.7 Å². The summed E-state index contributed by atoms with van der Waals surface area (Å²) in [4.78, 5) is 12.9. The van der Waals surface area contributed by atoms with Crippen molar-refractivity contribution in [1.29, 1.82) is 0 Å². The van der Waals surface area contributed by atoms with Crippen molar-refractivity contribution >= 4 is 0 Å². The van der Waals surface area contributed by atoms with Crippen molar-refractivity contribution in [2.75, 3.05) is 0 Å². The first kappa shape index (κ1) is 26.1. The minimum absolute atomic E-state index is 0. The normalized spacial score (nSPS) is 10.1. The summed E-state index contributed by atoms with van der Waals surface area (Å²) in [6.07, 6.45) is 5.41. The van der Waals surface area contributed by atoms with Gasteiger partial charge < -0.3 is 4.98 Å². The molecule has 0 N–H and O–H groups in total. The van der Waals surface area contributed by atoms with Crippen LogP contribution in [0.15, 0.2) is 91.4 Å². The van der Waals surface area contributed by atoms with E-state index in [1.807, 2.05) is 48.7 Å². The number of aryl methyl sites for hydroxylation is 4. The quantitative estimate of drug-likeness (QED) is 0.195. The predicted octanol–water partition coefficient (Wildman–Crippen LogP) is 7.39. The molecule has 0 aliphatic carbocycles. The van der Waals surface area contributed by atoms with Crippen LogP contribution < -0.4 is 0 Å². The number of nitrogens with zero attached hydrogens (tertiary/aromatic N) is 3. The van der Waals surface area contributed by atoms with Gasteiger partial charge in [-0.25, -0.2) is 0 Å². The maximum atomic E-state index is 4.45. The number of benzene rings is 3. The molecule has 2 aromatic heterocycles. The van der Waals surface area contributed by atoms with E-state index in [0.29, 0.717) is 5.82 Å². The molecule has 0 saturated heterocycles. The van der Waals surface area contributed by atoms with Crippen LogP contribution in [0.5, 0.6) is 0 Å². The molecule has 2 heterocycles. The second-order valence-corrected chi connectivity index (χ2v) is 8.30. The van der Waals surface area contributed by atoms with Crippen LogP contribution in [0.2, 0.25) is 0 Å². The first-order chi connectivity index (χ1) is 16.5. The van der Waals surface area contributed by atoms with Crippen LogP contribution in [0, 0.1) is 39.8 Å². The molecule has 0 fully saturated rings. The number of hydrogen-bond acceptors (Lipinski definition) is 3. The summed E-state index contributed by atoms with van der Waals surface area (Å²) < 4.78 is 0. The summed E-state index contributed by atoms with van der Waals surface area (Å²) in [6, 6.07) is 30.8. The topological polar surface area (TPSA) is 38.7 Å². The Morgan fingerprint density at radius 1 is 0.600 bits per heavy atom. The standard InChI is InChI=1S/C16H11N2.C15H16N.Ir/c1-2-6-13(7-3-1)14-8-4-9-15(12-14)16-17-10-5-11-18-16;1-10-5-6-14(7-11(10)2)15-8-12(3)13(4)9-16-15;/h1-8,10-12H;5,7-9H,1-4H3;/q2*-1;. The molecular formula is C31H27IrN3-2. The average Bonchev–Trinajstić information content (AvgIpc) is 2.89. The second-order valence-electron chi connectivity index (χ2n) is 8.30. The Bertz CT molecular complexity index is 1280. The third-order valence-corrected chi connectivity index (χ3v) is 5.79. The summed E-state index contributed by atoms with van der Waals surface area (Å²) in [6.45, 7) is 8.41. The van der Waals surface area contributed by atoms with Crippen molar-refractivity contribution in [2.24, 2.45) is 0 Å². The van der Waals surface area contributed by atoms with Crippen molar-refractivity contribution in [1.82, 2.24) is 15.0 Å². The fraction of sp³-hybridized carbons (Fsp3) is 0.129. The fourth-order valence-corrected chi connectivity index (χ4v) is 3.44. The van der Waals surface area contributed by atoms with Gasteiger partial charge in [0.25, 0.3) is 0 Å². The molecule has 0 unspecified atom stereocenters. The molecule has 5 aromatic rings. The van der Waals surface area contributed by atoms with Crippen LogP contribution in [0.1, 0.15) is 22.3 Å². The predicted molar refractivity (Wildman–Crippen MR) is 139 cm³/mol. The molecule has 0 saturated carbocycles. The smallest absolute Gasteiger partial charge is 0.0748 e. The average molecular weight is 634 g/mol. The Balaban J connectivity index is 0.000000192. The molecule has 1 radical (unpaired) electrons. The van der Waals surface area contributed by atoms with E-state index in [4.69, 9.17) is 0 Å². The fourth-order valence-electron chi connectivity index (χ4n) is 3.44. The molecule has 0 aliphatic rings. The van der Waals surface area contributed by atoms with E-state index >= 15 is 0 Å². The molecule has 0 atom stereocenters. The van der Waals surface area contributed by atoms with Gasteiger partial charge in [0.2, 0.25) is 0 Å². The summed E-state index contributed by atoms with van der Waals surface area (Å²) in [5.41, 5.74) is 10.4. The van der Waals surface area contributed by atoms with Crippen LogP contribution in [0.3, 0.4) is 0 Å². The molecule has 0 aliphatic heterocycles. The third-order valence-electron chi connectivity index (χ3n) is 5.79. The molecule has 3 nitrogen and oxygen atoms in total. The molecule has 177 valence electrons. The molecular weight excluding hydrogens is 607 g/mol. The molecule has 0 bridgehead atoms. The molecule has 3 aromatic carbocycles. The maximum absolute atomic E-state index is 4.45. The minimum atomic E-state index is 0. The summed E-state index contributed by atoms with van der Waals surface area (Å²) in [5, 5.41) is 0. The first-order valence-corrected chi connectivity index (χ1v) is 11.3. The molecule has 0 spiro atoms. The van der Waals surface area contributed by atoms with Gasteiger partial charge in [0.1, 0.15) is 0 Å². The van der Waals surface area contributed by atoms with Gasteiger partial charge in [-0.15, -0.1) is 70.3 Å². The monoisotopic (exact) mass is 634 g/mol. The summed E-state index contributed by atoms with van der Waals surface area (Å²) in [5.74, 6) is 0.704. The molecule has 35 heavy (non-hydrogen) atoms. The van der Waals surface area contributed by atoms with Gasteiger partial charge in [-0.2, -0.15) is 0 Å². The van der Waals surface area contributed by atoms with Gasteiger partial charge in [0.15, 0.2) is 0 Å². The van der Waals surface area contributed by atoms with Crippen molar-refractivity contribution in [2.45, 2.75) is 27.7 Å². The SMILES string of the molecule is Cc1c[c-]c(-c2cc(C)c(C)cn2)cc1C.[Ir].[c-]1ccc(-c2ccccc2)cc1-c1ncccn1. The Morgan fingerprint density at radius 2 is 1.31 bits per heavy atom. The Morgan fingerprint density at radius 3 is 2.00 bits per heavy atom. The van der Waals surface area contributed by atoms with Crippen LogP contribution >= 0.6 is 0 Å². The number of aromatic nitrogens is 3. The second kappa shape index (κ2) is 12.3. The van der Waals surface area contributed by atoms with E-state index < -0.39 is 0 Å². The van der Waals surface area contributed by atoms with Gasteiger partial charge in [0, 0.05) is 38.7 Å². The summed E-state index contributed by atoms with van der Waals surface area (Å²) in [7, 11) is 0. The van der Waals surface area contributed by atoms with Crippen LogP contribution in [-0.2, 0) is 20.1 Å². The van der Waals surface area contributed by atoms with Crippen molar-refractivity contribution < 1.29 is 20.1 Å². The molecule has 4 heteroatoms. The van der Waals surface area contributed by atoms with E-state index in [1.54, 1.807) is 12.4 Å². The van der Waals surface area contributed by atoms with Crippen molar-refractivity contribution in [3.63, 3.8) is 0 Å². The number of hydrogen-bond donors (Lipinski definition) is 0. The number of rotatable bonds is 3. The summed E-state index contributed by atoms with van der Waals surface area (Å²) >= 11 is 0. The Kier molecular flexibility index (Phi) is 9.19. The van der Waals surface area contributed by atoms with Crippen molar-refractivity contribution in [3.05, 3.63) is 126 Å². The van der Waals surface area contributed by atoms with E-state index in [-0.39, 0.29) is 20.1 Å². The third kappa shape index (κ3) is 6.79. The first-order valence-electron chi connectivity index (χ1n) is 11.3. The Hall–Kier alpha value is -3.46. The zero-order valence-electron chi connectivity index (χ0n) is 20.3. The minimum Gasteiger partial charge on any atom is -0.304 e. The van der Waals surface area contributed by atoms with Crippen LogP contribution in [-0.4, -0.2) is 15.0 Å². The maximum Gasteiger partial charge on any atom is 0.0748 e.